The summed E-state index contributed by atoms with van der Waals surface area (Å²) >= 11 is 1.37. The average molecular weight is 331 g/mol. The smallest absolute Gasteiger partial charge is 0.358 e. The molecular formula is C17H17NO4S. The first-order valence-corrected chi connectivity index (χ1v) is 8.39. The van der Waals surface area contributed by atoms with Crippen LogP contribution in [0.3, 0.4) is 0 Å². The molecule has 5 nitrogen and oxygen atoms in total. The Morgan fingerprint density at radius 2 is 2.04 bits per heavy atom. The number of nitrogens with zero attached hydrogens (tertiary/aromatic N) is 1. The number of carbonyl (C=O) groups excluding carboxylic acids is 2. The van der Waals surface area contributed by atoms with Crippen molar-refractivity contribution in [1.82, 2.24) is 4.98 Å². The molecule has 2 aromatic rings. The van der Waals surface area contributed by atoms with Gasteiger partial charge in [-0.15, -0.1) is 11.3 Å². The zero-order chi connectivity index (χ0) is 16.2. The van der Waals surface area contributed by atoms with E-state index in [1.54, 1.807) is 12.5 Å². The Morgan fingerprint density at radius 3 is 2.74 bits per heavy atom. The predicted octanol–water partition coefficient (Wildman–Crippen LogP) is 3.49. The topological polar surface area (TPSA) is 65.5 Å². The molecule has 0 spiro atoms. The number of thiazole rings is 1. The van der Waals surface area contributed by atoms with E-state index in [-0.39, 0.29) is 11.5 Å². The van der Waals surface area contributed by atoms with Crippen molar-refractivity contribution in [1.29, 1.82) is 0 Å². The summed E-state index contributed by atoms with van der Waals surface area (Å²) < 4.78 is 10.4. The summed E-state index contributed by atoms with van der Waals surface area (Å²) in [5.74, 6) is 0.247. The average Bonchev–Trinajstić information content (AvgIpc) is 3.07. The van der Waals surface area contributed by atoms with Gasteiger partial charge in [-0.3, -0.25) is 4.79 Å². The second kappa shape index (κ2) is 6.91. The second-order valence-corrected chi connectivity index (χ2v) is 6.23. The van der Waals surface area contributed by atoms with Crippen LogP contribution in [0.15, 0.2) is 29.6 Å². The SMILES string of the molecule is COc1ccc(-c2nc(C(=O)O[C@@H]3CCCCC3=O)cs2)cc1. The van der Waals surface area contributed by atoms with E-state index in [2.05, 4.69) is 4.98 Å². The number of hydrogen-bond donors (Lipinski definition) is 0. The highest BCUT2D eigenvalue weighted by Crippen LogP contribution is 2.26. The van der Waals surface area contributed by atoms with Crippen molar-refractivity contribution in [2.75, 3.05) is 7.11 Å². The minimum absolute atomic E-state index is 0.00945. The lowest BCUT2D eigenvalue weighted by Crippen LogP contribution is -2.30. The number of methoxy groups -OCH3 is 1. The van der Waals surface area contributed by atoms with Crippen molar-refractivity contribution in [2.45, 2.75) is 31.8 Å². The zero-order valence-corrected chi connectivity index (χ0v) is 13.6. The molecule has 1 heterocycles. The molecule has 1 saturated carbocycles. The highest BCUT2D eigenvalue weighted by Gasteiger charge is 2.27. The van der Waals surface area contributed by atoms with E-state index >= 15 is 0 Å². The van der Waals surface area contributed by atoms with Crippen LogP contribution in [0, 0.1) is 0 Å². The minimum atomic E-state index is -0.609. The zero-order valence-electron chi connectivity index (χ0n) is 12.8. The third-order valence-corrected chi connectivity index (χ3v) is 4.69. The minimum Gasteiger partial charge on any atom is -0.497 e. The lowest BCUT2D eigenvalue weighted by molar-refractivity contribution is -0.129. The van der Waals surface area contributed by atoms with E-state index in [0.717, 1.165) is 29.2 Å². The molecule has 0 radical (unpaired) electrons. The van der Waals surface area contributed by atoms with E-state index < -0.39 is 12.1 Å². The highest BCUT2D eigenvalue weighted by atomic mass is 32.1. The number of Topliss-reactive ketones (excluding diaryl/α,β-unsaturated/α-hetero) is 1. The van der Waals surface area contributed by atoms with Gasteiger partial charge in [-0.2, -0.15) is 0 Å². The fourth-order valence-corrected chi connectivity index (χ4v) is 3.29. The predicted molar refractivity (Wildman–Crippen MR) is 86.8 cm³/mol. The maximum Gasteiger partial charge on any atom is 0.358 e. The fourth-order valence-electron chi connectivity index (χ4n) is 2.50. The van der Waals surface area contributed by atoms with Crippen molar-refractivity contribution < 1.29 is 19.1 Å². The van der Waals surface area contributed by atoms with Crippen LogP contribution in [0.5, 0.6) is 5.75 Å². The Hall–Kier alpha value is -2.21. The van der Waals surface area contributed by atoms with Crippen LogP contribution in [0.4, 0.5) is 0 Å². The van der Waals surface area contributed by atoms with Crippen molar-refractivity contribution >= 4 is 23.1 Å². The molecule has 0 saturated heterocycles. The van der Waals surface area contributed by atoms with Gasteiger partial charge in [-0.05, 0) is 43.5 Å². The summed E-state index contributed by atoms with van der Waals surface area (Å²) in [5.41, 5.74) is 1.16. The molecule has 6 heteroatoms. The molecule has 23 heavy (non-hydrogen) atoms. The van der Waals surface area contributed by atoms with Gasteiger partial charge in [0.05, 0.1) is 7.11 Å². The van der Waals surface area contributed by atoms with Gasteiger partial charge < -0.3 is 9.47 Å². The highest BCUT2D eigenvalue weighted by molar-refractivity contribution is 7.13. The summed E-state index contributed by atoms with van der Waals surface area (Å²) in [6.07, 6.45) is 2.29. The normalized spacial score (nSPS) is 17.8. The molecule has 1 aromatic carbocycles. The third kappa shape index (κ3) is 3.59. The summed E-state index contributed by atoms with van der Waals surface area (Å²) in [5, 5.41) is 2.39. The number of carbonyl (C=O) groups is 2. The fraction of sp³-hybridized carbons (Fsp3) is 0.353. The van der Waals surface area contributed by atoms with Crippen molar-refractivity contribution in [2.24, 2.45) is 0 Å². The Kier molecular flexibility index (Phi) is 4.71. The van der Waals surface area contributed by atoms with Crippen LogP contribution >= 0.6 is 11.3 Å². The molecule has 1 aromatic heterocycles. The van der Waals surface area contributed by atoms with E-state index in [9.17, 15) is 9.59 Å². The van der Waals surface area contributed by atoms with Gasteiger partial charge in [0.1, 0.15) is 10.8 Å². The molecule has 1 atom stereocenters. The Labute approximate surface area is 138 Å². The molecule has 1 aliphatic rings. The molecule has 1 aliphatic carbocycles. The van der Waals surface area contributed by atoms with Gasteiger partial charge in [-0.1, -0.05) is 0 Å². The molecule has 1 fully saturated rings. The number of hydrogen-bond acceptors (Lipinski definition) is 6. The molecule has 0 N–H and O–H groups in total. The van der Waals surface area contributed by atoms with Gasteiger partial charge in [-0.25, -0.2) is 9.78 Å². The third-order valence-electron chi connectivity index (χ3n) is 3.80. The number of esters is 1. The Balaban J connectivity index is 1.70. The first-order chi connectivity index (χ1) is 11.2. The standard InChI is InChI=1S/C17H17NO4S/c1-21-12-8-6-11(7-9-12)16-18-13(10-23-16)17(20)22-15-5-3-2-4-14(15)19/h6-10,15H,2-5H2,1H3/t15-/m1/s1. The Morgan fingerprint density at radius 1 is 1.26 bits per heavy atom. The molecule has 0 unspecified atom stereocenters. The van der Waals surface area contributed by atoms with Crippen LogP contribution in [0.2, 0.25) is 0 Å². The van der Waals surface area contributed by atoms with Gasteiger partial charge in [0.25, 0.3) is 0 Å². The monoisotopic (exact) mass is 331 g/mol. The van der Waals surface area contributed by atoms with Crippen molar-refractivity contribution in [3.05, 3.63) is 35.3 Å². The molecule has 0 bridgehead atoms. The number of benzene rings is 1. The molecule has 0 aliphatic heterocycles. The van der Waals surface area contributed by atoms with Gasteiger partial charge in [0, 0.05) is 17.4 Å². The number of aromatic nitrogens is 1. The first-order valence-electron chi connectivity index (χ1n) is 7.51. The van der Waals surface area contributed by atoms with E-state index in [1.807, 2.05) is 24.3 Å². The van der Waals surface area contributed by atoms with Crippen LogP contribution < -0.4 is 4.74 Å². The number of rotatable bonds is 4. The van der Waals surface area contributed by atoms with Crippen LogP contribution in [-0.2, 0) is 9.53 Å². The second-order valence-electron chi connectivity index (χ2n) is 5.37. The van der Waals surface area contributed by atoms with Gasteiger partial charge >= 0.3 is 5.97 Å². The maximum atomic E-state index is 12.2. The Bertz CT molecular complexity index is 708. The summed E-state index contributed by atoms with van der Waals surface area (Å²) in [4.78, 5) is 28.2. The number of ketones is 1. The van der Waals surface area contributed by atoms with E-state index in [1.165, 1.54) is 11.3 Å². The lowest BCUT2D eigenvalue weighted by atomic mass is 9.96. The maximum absolute atomic E-state index is 12.2. The quantitative estimate of drug-likeness (QED) is 0.802. The summed E-state index contributed by atoms with van der Waals surface area (Å²) in [6.45, 7) is 0. The largest absolute Gasteiger partial charge is 0.497 e. The summed E-state index contributed by atoms with van der Waals surface area (Å²) in [7, 11) is 1.61. The van der Waals surface area contributed by atoms with Gasteiger partial charge in [0.15, 0.2) is 17.6 Å². The van der Waals surface area contributed by atoms with Crippen LogP contribution in [-0.4, -0.2) is 30.0 Å². The van der Waals surface area contributed by atoms with Crippen molar-refractivity contribution in [3.8, 4) is 16.3 Å². The first kappa shape index (κ1) is 15.7. The van der Waals surface area contributed by atoms with Crippen LogP contribution in [0.1, 0.15) is 36.2 Å². The van der Waals surface area contributed by atoms with Crippen molar-refractivity contribution in [3.63, 3.8) is 0 Å². The lowest BCUT2D eigenvalue weighted by Gasteiger charge is -2.19. The molecule has 0 amide bonds. The molecule has 120 valence electrons. The molecular weight excluding hydrogens is 314 g/mol. The summed E-state index contributed by atoms with van der Waals surface area (Å²) in [6, 6.07) is 7.46. The molecule has 3 rings (SSSR count). The van der Waals surface area contributed by atoms with E-state index in [0.29, 0.717) is 12.8 Å². The number of ether oxygens (including phenoxy) is 2. The van der Waals surface area contributed by atoms with E-state index in [4.69, 9.17) is 9.47 Å². The van der Waals surface area contributed by atoms with Gasteiger partial charge in [0.2, 0.25) is 0 Å². The van der Waals surface area contributed by atoms with Crippen LogP contribution in [0.25, 0.3) is 10.6 Å².